The Bertz CT molecular complexity index is 224. The summed E-state index contributed by atoms with van der Waals surface area (Å²) in [5.41, 5.74) is 8.08. The van der Waals surface area contributed by atoms with Gasteiger partial charge < -0.3 is 5.73 Å². The molecule has 2 N–H and O–H groups in total. The summed E-state index contributed by atoms with van der Waals surface area (Å²) < 4.78 is 0. The summed E-state index contributed by atoms with van der Waals surface area (Å²) in [7, 11) is 0. The summed E-state index contributed by atoms with van der Waals surface area (Å²) in [6.45, 7) is 2.73. The molecule has 0 aliphatic carbocycles. The maximum atomic E-state index is 5.45. The number of allylic oxidation sites excluding steroid dienone is 1. The molecule has 0 radical (unpaired) electrons. The molecule has 0 aliphatic rings. The third-order valence-electron chi connectivity index (χ3n) is 1.59. The van der Waals surface area contributed by atoms with Gasteiger partial charge in [-0.2, -0.15) is 11.3 Å². The lowest BCUT2D eigenvalue weighted by Gasteiger charge is -1.93. The first-order chi connectivity index (χ1) is 5.33. The Balaban J connectivity index is 2.45. The van der Waals surface area contributed by atoms with Gasteiger partial charge in [0.2, 0.25) is 0 Å². The van der Waals surface area contributed by atoms with E-state index < -0.39 is 0 Å². The predicted octanol–water partition coefficient (Wildman–Crippen LogP) is 2.20. The zero-order valence-electron chi connectivity index (χ0n) is 6.71. The van der Waals surface area contributed by atoms with E-state index in [1.807, 2.05) is 0 Å². The monoisotopic (exact) mass is 167 g/mol. The van der Waals surface area contributed by atoms with Crippen LogP contribution in [-0.2, 0) is 6.42 Å². The fraction of sp³-hybridized carbons (Fsp3) is 0.333. The Labute approximate surface area is 71.5 Å². The van der Waals surface area contributed by atoms with E-state index in [1.165, 1.54) is 11.1 Å². The Hall–Kier alpha value is -0.600. The molecule has 0 atom stereocenters. The topological polar surface area (TPSA) is 26.0 Å². The van der Waals surface area contributed by atoms with Crippen LogP contribution in [0, 0.1) is 0 Å². The molecule has 1 nitrogen and oxygen atoms in total. The first-order valence-corrected chi connectivity index (χ1v) is 4.64. The van der Waals surface area contributed by atoms with Gasteiger partial charge in [0.25, 0.3) is 0 Å². The van der Waals surface area contributed by atoms with Crippen molar-refractivity contribution in [2.45, 2.75) is 13.3 Å². The van der Waals surface area contributed by atoms with Crippen molar-refractivity contribution in [3.8, 4) is 0 Å². The van der Waals surface area contributed by atoms with E-state index in [1.54, 1.807) is 11.3 Å². The van der Waals surface area contributed by atoms with Gasteiger partial charge in [0, 0.05) is 6.54 Å². The standard InChI is InChI=1S/C9H13NS/c1-8(6-10)2-3-9-4-5-11-7-9/h2,4-5,7H,3,6,10H2,1H3/b8-2-. The van der Waals surface area contributed by atoms with Crippen LogP contribution in [0.15, 0.2) is 28.5 Å². The van der Waals surface area contributed by atoms with Gasteiger partial charge in [-0.3, -0.25) is 0 Å². The Morgan fingerprint density at radius 3 is 3.09 bits per heavy atom. The number of thiophene rings is 1. The van der Waals surface area contributed by atoms with Crippen LogP contribution in [0.25, 0.3) is 0 Å². The molecule has 0 unspecified atom stereocenters. The maximum absolute atomic E-state index is 5.45. The molecule has 0 aromatic carbocycles. The minimum absolute atomic E-state index is 0.671. The van der Waals surface area contributed by atoms with Crippen molar-refractivity contribution in [3.05, 3.63) is 34.0 Å². The molecule has 1 aromatic heterocycles. The van der Waals surface area contributed by atoms with Crippen LogP contribution in [0.2, 0.25) is 0 Å². The molecular formula is C9H13NS. The average molecular weight is 167 g/mol. The second-order valence-electron chi connectivity index (χ2n) is 2.59. The molecule has 1 aromatic rings. The fourth-order valence-corrected chi connectivity index (χ4v) is 1.47. The van der Waals surface area contributed by atoms with E-state index in [9.17, 15) is 0 Å². The molecule has 2 heteroatoms. The van der Waals surface area contributed by atoms with Gasteiger partial charge in [0.1, 0.15) is 0 Å². The van der Waals surface area contributed by atoms with Crippen LogP contribution < -0.4 is 5.73 Å². The summed E-state index contributed by atoms with van der Waals surface area (Å²) in [5, 5.41) is 4.27. The molecular weight excluding hydrogens is 154 g/mol. The third-order valence-corrected chi connectivity index (χ3v) is 2.32. The molecule has 1 heterocycles. The molecule has 0 bridgehead atoms. The number of hydrogen-bond acceptors (Lipinski definition) is 2. The van der Waals surface area contributed by atoms with E-state index in [4.69, 9.17) is 5.73 Å². The van der Waals surface area contributed by atoms with Gasteiger partial charge in [-0.15, -0.1) is 0 Å². The van der Waals surface area contributed by atoms with Crippen molar-refractivity contribution in [3.63, 3.8) is 0 Å². The zero-order chi connectivity index (χ0) is 8.10. The summed E-state index contributed by atoms with van der Waals surface area (Å²) >= 11 is 1.74. The molecule has 0 aliphatic heterocycles. The van der Waals surface area contributed by atoms with E-state index in [0.717, 1.165) is 6.42 Å². The molecule has 0 saturated heterocycles. The minimum Gasteiger partial charge on any atom is -0.327 e. The van der Waals surface area contributed by atoms with Gasteiger partial charge >= 0.3 is 0 Å². The van der Waals surface area contributed by atoms with E-state index >= 15 is 0 Å². The second-order valence-corrected chi connectivity index (χ2v) is 3.37. The summed E-state index contributed by atoms with van der Waals surface area (Å²) in [6, 6.07) is 2.14. The van der Waals surface area contributed by atoms with Crippen LogP contribution in [-0.4, -0.2) is 6.54 Å². The van der Waals surface area contributed by atoms with E-state index in [-0.39, 0.29) is 0 Å². The normalized spacial score (nSPS) is 12.0. The van der Waals surface area contributed by atoms with Gasteiger partial charge in [0.15, 0.2) is 0 Å². The Kier molecular flexibility index (Phi) is 3.33. The molecule has 60 valence electrons. The quantitative estimate of drug-likeness (QED) is 0.686. The molecule has 11 heavy (non-hydrogen) atoms. The molecule has 0 fully saturated rings. The SMILES string of the molecule is C/C(=C/Cc1ccsc1)CN. The van der Waals surface area contributed by atoms with Crippen LogP contribution >= 0.6 is 11.3 Å². The fourth-order valence-electron chi connectivity index (χ4n) is 0.784. The summed E-state index contributed by atoms with van der Waals surface area (Å²) in [5.74, 6) is 0. The highest BCUT2D eigenvalue weighted by atomic mass is 32.1. The van der Waals surface area contributed by atoms with Crippen LogP contribution in [0.1, 0.15) is 12.5 Å². The van der Waals surface area contributed by atoms with Crippen molar-refractivity contribution in [2.75, 3.05) is 6.54 Å². The number of hydrogen-bond donors (Lipinski definition) is 1. The number of rotatable bonds is 3. The van der Waals surface area contributed by atoms with Crippen molar-refractivity contribution in [1.82, 2.24) is 0 Å². The van der Waals surface area contributed by atoms with Crippen molar-refractivity contribution < 1.29 is 0 Å². The Morgan fingerprint density at radius 2 is 2.55 bits per heavy atom. The first-order valence-electron chi connectivity index (χ1n) is 3.69. The first kappa shape index (κ1) is 8.50. The molecule has 1 rings (SSSR count). The van der Waals surface area contributed by atoms with Gasteiger partial charge in [-0.05, 0) is 35.7 Å². The minimum atomic E-state index is 0.671. The van der Waals surface area contributed by atoms with Crippen molar-refractivity contribution in [1.29, 1.82) is 0 Å². The highest BCUT2D eigenvalue weighted by Gasteiger charge is 1.89. The van der Waals surface area contributed by atoms with Gasteiger partial charge in [-0.25, -0.2) is 0 Å². The maximum Gasteiger partial charge on any atom is 0.0134 e. The predicted molar refractivity (Wildman–Crippen MR) is 50.8 cm³/mol. The largest absolute Gasteiger partial charge is 0.327 e. The lowest BCUT2D eigenvalue weighted by molar-refractivity contribution is 1.10. The van der Waals surface area contributed by atoms with Crippen LogP contribution in [0.5, 0.6) is 0 Å². The molecule has 0 amide bonds. The van der Waals surface area contributed by atoms with Crippen LogP contribution in [0.3, 0.4) is 0 Å². The van der Waals surface area contributed by atoms with Crippen molar-refractivity contribution in [2.24, 2.45) is 5.73 Å². The smallest absolute Gasteiger partial charge is 0.0134 e. The molecule has 0 saturated carbocycles. The third kappa shape index (κ3) is 2.87. The summed E-state index contributed by atoms with van der Waals surface area (Å²) in [4.78, 5) is 0. The highest BCUT2D eigenvalue weighted by Crippen LogP contribution is 2.07. The highest BCUT2D eigenvalue weighted by molar-refractivity contribution is 7.07. The van der Waals surface area contributed by atoms with Crippen molar-refractivity contribution >= 4 is 11.3 Å². The van der Waals surface area contributed by atoms with Gasteiger partial charge in [0.05, 0.1) is 0 Å². The Morgan fingerprint density at radius 1 is 1.73 bits per heavy atom. The summed E-state index contributed by atoms with van der Waals surface area (Å²) in [6.07, 6.45) is 3.20. The van der Waals surface area contributed by atoms with Crippen LogP contribution in [0.4, 0.5) is 0 Å². The second kappa shape index (κ2) is 4.31. The zero-order valence-corrected chi connectivity index (χ0v) is 7.53. The lowest BCUT2D eigenvalue weighted by atomic mass is 10.2. The molecule has 0 spiro atoms. The van der Waals surface area contributed by atoms with Gasteiger partial charge in [-0.1, -0.05) is 11.6 Å². The van der Waals surface area contributed by atoms with E-state index in [2.05, 4.69) is 29.8 Å². The average Bonchev–Trinajstić information content (AvgIpc) is 2.52. The number of nitrogens with two attached hydrogens (primary N) is 1. The lowest BCUT2D eigenvalue weighted by Crippen LogP contribution is -1.99. The van der Waals surface area contributed by atoms with E-state index in [0.29, 0.717) is 6.54 Å².